The quantitative estimate of drug-likeness (QED) is 0.304. The first-order valence-corrected chi connectivity index (χ1v) is 14.4. The molecule has 2 fully saturated rings. The highest BCUT2D eigenvalue weighted by Crippen LogP contribution is 2.31. The van der Waals surface area contributed by atoms with Crippen molar-refractivity contribution >= 4 is 10.9 Å². The fourth-order valence-corrected chi connectivity index (χ4v) is 6.55. The third kappa shape index (κ3) is 5.57. The molecule has 1 aliphatic carbocycles. The number of phenolic OH excluding ortho intramolecular Hbond substituents is 2. The number of likely N-dealkylation sites (tertiary alicyclic amines) is 1. The normalized spacial score (nSPS) is 18.9. The molecule has 0 spiro atoms. The Morgan fingerprint density at radius 1 is 0.795 bits per heavy atom. The van der Waals surface area contributed by atoms with Crippen molar-refractivity contribution in [1.29, 1.82) is 0 Å². The summed E-state index contributed by atoms with van der Waals surface area (Å²) in [6, 6.07) is 19.9. The minimum Gasteiger partial charge on any atom is -0.508 e. The summed E-state index contributed by atoms with van der Waals surface area (Å²) in [5, 5.41) is 21.0. The number of fused-ring (bicyclic) bond motifs is 1. The predicted molar refractivity (Wildman–Crippen MR) is 156 cm³/mol. The molecule has 6 heteroatoms. The van der Waals surface area contributed by atoms with Gasteiger partial charge in [-0.2, -0.15) is 0 Å². The van der Waals surface area contributed by atoms with Gasteiger partial charge in [0.25, 0.3) is 5.56 Å². The summed E-state index contributed by atoms with van der Waals surface area (Å²) < 4.78 is 1.80. The van der Waals surface area contributed by atoms with Crippen LogP contribution in [0.4, 0.5) is 0 Å². The van der Waals surface area contributed by atoms with Gasteiger partial charge in [-0.15, -0.1) is 0 Å². The van der Waals surface area contributed by atoms with Gasteiger partial charge in [-0.3, -0.25) is 9.36 Å². The summed E-state index contributed by atoms with van der Waals surface area (Å²) in [6.45, 7) is 3.88. The molecule has 202 valence electrons. The Morgan fingerprint density at radius 3 is 2.33 bits per heavy atom. The van der Waals surface area contributed by atoms with Crippen molar-refractivity contribution in [2.45, 2.75) is 51.5 Å². The number of hydrogen-bond acceptors (Lipinski definition) is 5. The smallest absolute Gasteiger partial charge is 0.261 e. The van der Waals surface area contributed by atoms with E-state index in [1.165, 1.54) is 38.6 Å². The first kappa shape index (κ1) is 25.6. The van der Waals surface area contributed by atoms with Crippen molar-refractivity contribution in [3.05, 3.63) is 77.1 Å². The van der Waals surface area contributed by atoms with Crippen LogP contribution in [0.2, 0.25) is 0 Å². The Morgan fingerprint density at radius 2 is 1.54 bits per heavy atom. The van der Waals surface area contributed by atoms with E-state index in [0.29, 0.717) is 34.8 Å². The van der Waals surface area contributed by atoms with Gasteiger partial charge < -0.3 is 15.1 Å². The number of phenols is 2. The molecule has 2 heterocycles. The minimum absolute atomic E-state index is 0.0803. The van der Waals surface area contributed by atoms with Gasteiger partial charge in [0.2, 0.25) is 0 Å². The van der Waals surface area contributed by atoms with Crippen LogP contribution in [0.1, 0.15) is 44.9 Å². The van der Waals surface area contributed by atoms with E-state index in [-0.39, 0.29) is 17.1 Å². The lowest BCUT2D eigenvalue weighted by Gasteiger charge is -2.36. The number of piperidine rings is 1. The third-order valence-corrected chi connectivity index (χ3v) is 8.58. The van der Waals surface area contributed by atoms with Crippen molar-refractivity contribution in [1.82, 2.24) is 14.5 Å². The average molecular weight is 524 g/mol. The van der Waals surface area contributed by atoms with Crippen LogP contribution in [0, 0.1) is 11.8 Å². The zero-order chi connectivity index (χ0) is 26.8. The number of aromatic hydroxyl groups is 2. The number of nitrogens with zero attached hydrogens (tertiary/aromatic N) is 3. The molecule has 1 aromatic heterocycles. The summed E-state index contributed by atoms with van der Waals surface area (Å²) in [6.07, 6.45) is 9.00. The van der Waals surface area contributed by atoms with Crippen LogP contribution in [0.5, 0.6) is 11.5 Å². The molecule has 0 radical (unpaired) electrons. The highest BCUT2D eigenvalue weighted by molar-refractivity contribution is 5.85. The van der Waals surface area contributed by atoms with Crippen LogP contribution in [-0.4, -0.2) is 44.3 Å². The van der Waals surface area contributed by atoms with Gasteiger partial charge in [0, 0.05) is 19.6 Å². The number of rotatable bonds is 6. The highest BCUT2D eigenvalue weighted by atomic mass is 16.3. The topological polar surface area (TPSA) is 78.6 Å². The first-order valence-electron chi connectivity index (χ1n) is 14.4. The second kappa shape index (κ2) is 11.2. The number of benzene rings is 3. The Kier molecular flexibility index (Phi) is 7.38. The SMILES string of the molecule is O=c1c2cc(-c3ccc(O)cc3)ccc2nc(-c2ccccc2O)n1CC1CCCN(CC2CCCCC2)C1. The standard InChI is InChI=1S/C33H37N3O3/c37-27-15-12-25(13-16-27)26-14-17-30-29(19-26)33(39)36(32(34-30)28-10-4-5-11-31(28)38)22-24-9-6-18-35(21-24)20-23-7-2-1-3-8-23/h4-5,10-17,19,23-24,37-38H,1-3,6-9,18,20-22H2. The number of aromatic nitrogens is 2. The van der Waals surface area contributed by atoms with Crippen molar-refractivity contribution < 1.29 is 10.2 Å². The molecule has 0 bridgehead atoms. The Hall–Kier alpha value is -3.64. The molecule has 1 saturated heterocycles. The van der Waals surface area contributed by atoms with E-state index < -0.39 is 0 Å². The van der Waals surface area contributed by atoms with Crippen LogP contribution in [-0.2, 0) is 6.54 Å². The molecule has 3 aromatic carbocycles. The van der Waals surface area contributed by atoms with Crippen LogP contribution < -0.4 is 5.56 Å². The fraction of sp³-hybridized carbons (Fsp3) is 0.394. The van der Waals surface area contributed by atoms with Gasteiger partial charge in [0.05, 0.1) is 16.5 Å². The summed E-state index contributed by atoms with van der Waals surface area (Å²) in [7, 11) is 0. The monoisotopic (exact) mass is 523 g/mol. The van der Waals surface area contributed by atoms with Gasteiger partial charge in [-0.05, 0) is 91.6 Å². The van der Waals surface area contributed by atoms with E-state index in [9.17, 15) is 15.0 Å². The summed E-state index contributed by atoms with van der Waals surface area (Å²) in [5.41, 5.74) is 2.94. The van der Waals surface area contributed by atoms with Crippen LogP contribution in [0.3, 0.4) is 0 Å². The maximum atomic E-state index is 14.1. The molecular weight excluding hydrogens is 486 g/mol. The van der Waals surface area contributed by atoms with Crippen molar-refractivity contribution in [3.8, 4) is 34.0 Å². The highest BCUT2D eigenvalue weighted by Gasteiger charge is 2.26. The van der Waals surface area contributed by atoms with E-state index >= 15 is 0 Å². The molecular formula is C33H37N3O3. The summed E-state index contributed by atoms with van der Waals surface area (Å²) in [5.74, 6) is 2.01. The van der Waals surface area contributed by atoms with Crippen molar-refractivity contribution in [3.63, 3.8) is 0 Å². The summed E-state index contributed by atoms with van der Waals surface area (Å²) >= 11 is 0. The zero-order valence-corrected chi connectivity index (χ0v) is 22.4. The second-order valence-electron chi connectivity index (χ2n) is 11.4. The molecule has 2 aliphatic rings. The molecule has 39 heavy (non-hydrogen) atoms. The molecule has 2 N–H and O–H groups in total. The van der Waals surface area contributed by atoms with E-state index in [0.717, 1.165) is 43.0 Å². The van der Waals surface area contributed by atoms with Crippen LogP contribution in [0.15, 0.2) is 71.5 Å². The fourth-order valence-electron chi connectivity index (χ4n) is 6.55. The lowest BCUT2D eigenvalue weighted by atomic mass is 9.88. The summed E-state index contributed by atoms with van der Waals surface area (Å²) in [4.78, 5) is 21.7. The molecule has 6 nitrogen and oxygen atoms in total. The van der Waals surface area contributed by atoms with Gasteiger partial charge in [0.1, 0.15) is 17.3 Å². The molecule has 1 unspecified atom stereocenters. The molecule has 1 aliphatic heterocycles. The molecule has 0 amide bonds. The lowest BCUT2D eigenvalue weighted by molar-refractivity contribution is 0.129. The number of hydrogen-bond donors (Lipinski definition) is 2. The Balaban J connectivity index is 1.37. The largest absolute Gasteiger partial charge is 0.508 e. The minimum atomic E-state index is -0.0803. The maximum absolute atomic E-state index is 14.1. The van der Waals surface area contributed by atoms with Crippen molar-refractivity contribution in [2.24, 2.45) is 11.8 Å². The lowest BCUT2D eigenvalue weighted by Crippen LogP contribution is -2.41. The molecule has 1 atom stereocenters. The van der Waals surface area contributed by atoms with E-state index in [1.807, 2.05) is 42.5 Å². The van der Waals surface area contributed by atoms with Crippen molar-refractivity contribution in [2.75, 3.05) is 19.6 Å². The number of para-hydroxylation sites is 1. The van der Waals surface area contributed by atoms with E-state index in [2.05, 4.69) is 4.90 Å². The van der Waals surface area contributed by atoms with Gasteiger partial charge in [0.15, 0.2) is 0 Å². The van der Waals surface area contributed by atoms with Gasteiger partial charge in [-0.1, -0.05) is 49.6 Å². The molecule has 4 aromatic rings. The first-order chi connectivity index (χ1) is 19.0. The van der Waals surface area contributed by atoms with Gasteiger partial charge in [-0.25, -0.2) is 4.98 Å². The van der Waals surface area contributed by atoms with Crippen LogP contribution in [0.25, 0.3) is 33.4 Å². The Bertz CT molecular complexity index is 1510. The average Bonchev–Trinajstić information content (AvgIpc) is 2.96. The maximum Gasteiger partial charge on any atom is 0.261 e. The molecule has 6 rings (SSSR count). The molecule has 1 saturated carbocycles. The van der Waals surface area contributed by atoms with Gasteiger partial charge >= 0.3 is 0 Å². The van der Waals surface area contributed by atoms with E-state index in [4.69, 9.17) is 4.98 Å². The van der Waals surface area contributed by atoms with Crippen LogP contribution >= 0.6 is 0 Å². The second-order valence-corrected chi connectivity index (χ2v) is 11.4. The third-order valence-electron chi connectivity index (χ3n) is 8.58. The predicted octanol–water partition coefficient (Wildman–Crippen LogP) is 6.43. The van der Waals surface area contributed by atoms with E-state index in [1.54, 1.807) is 28.8 Å². The zero-order valence-electron chi connectivity index (χ0n) is 22.4. The Labute approximate surface area is 229 Å².